The lowest BCUT2D eigenvalue weighted by molar-refractivity contribution is -0.117. The van der Waals surface area contributed by atoms with Gasteiger partial charge in [0, 0.05) is 17.5 Å². The van der Waals surface area contributed by atoms with E-state index in [1.54, 1.807) is 24.8 Å². The van der Waals surface area contributed by atoms with Crippen LogP contribution in [-0.4, -0.2) is 17.7 Å². The van der Waals surface area contributed by atoms with Gasteiger partial charge < -0.3 is 15.8 Å². The number of amides is 1. The molecule has 0 radical (unpaired) electrons. The predicted molar refractivity (Wildman–Crippen MR) is 105 cm³/mol. The molecule has 0 spiro atoms. The van der Waals surface area contributed by atoms with E-state index in [2.05, 4.69) is 25.2 Å². The van der Waals surface area contributed by atoms with Gasteiger partial charge in [-0.15, -0.1) is 0 Å². The van der Waals surface area contributed by atoms with Gasteiger partial charge in [-0.05, 0) is 37.5 Å². The summed E-state index contributed by atoms with van der Waals surface area (Å²) in [6.45, 7) is 6.45. The van der Waals surface area contributed by atoms with Crippen LogP contribution in [-0.2, 0) is 4.79 Å². The number of carbonyl (C=O) groups is 1. The second-order valence-corrected chi connectivity index (χ2v) is 7.63. The molecule has 1 aliphatic rings. The molecule has 3 N–H and O–H groups in total. The van der Waals surface area contributed by atoms with Gasteiger partial charge in [0.2, 0.25) is 0 Å². The van der Waals surface area contributed by atoms with Gasteiger partial charge in [0.1, 0.15) is 5.75 Å². The summed E-state index contributed by atoms with van der Waals surface area (Å²) in [6, 6.07) is 9.71. The number of benzene rings is 1. The van der Waals surface area contributed by atoms with Crippen molar-refractivity contribution in [2.24, 2.45) is 11.7 Å². The Balaban J connectivity index is 1.82. The number of ether oxygens (including phenoxy) is 1. The molecule has 5 heteroatoms. The van der Waals surface area contributed by atoms with Crippen LogP contribution in [0.5, 0.6) is 5.75 Å². The molecule has 0 saturated heterocycles. The van der Waals surface area contributed by atoms with Crippen molar-refractivity contribution in [3.8, 4) is 5.75 Å². The number of hydrogen-bond donors (Lipinski definition) is 2. The summed E-state index contributed by atoms with van der Waals surface area (Å²) in [4.78, 5) is 12.4. The largest absolute Gasteiger partial charge is 0.451 e. The molecule has 1 atom stereocenters. The third-order valence-electron chi connectivity index (χ3n) is 3.60. The Morgan fingerprint density at radius 2 is 2.12 bits per heavy atom. The van der Waals surface area contributed by atoms with Gasteiger partial charge >= 0.3 is 0 Å². The average Bonchev–Trinajstić information content (AvgIpc) is 3.01. The van der Waals surface area contributed by atoms with Crippen LogP contribution in [0.2, 0.25) is 0 Å². The van der Waals surface area contributed by atoms with Gasteiger partial charge in [-0.25, -0.2) is 0 Å². The standard InChI is InChI=1S/C20H26N2O2S/c1-14(2)9-11-18(15(3)21)20(23)22-13-17-10-12-19(25-17)24-16-7-5-4-6-8-16/h4-9,11-12,14,17H,10,13,21H2,1-3H3,(H,22,23)/b11-9-,18-15-. The number of nitrogens with two attached hydrogens (primary N) is 1. The maximum Gasteiger partial charge on any atom is 0.253 e. The van der Waals surface area contributed by atoms with E-state index in [4.69, 9.17) is 10.5 Å². The first-order valence-electron chi connectivity index (χ1n) is 8.48. The molecule has 0 aliphatic carbocycles. The molecule has 0 bridgehead atoms. The van der Waals surface area contributed by atoms with Gasteiger partial charge in [-0.1, -0.05) is 56.0 Å². The molecular weight excluding hydrogens is 332 g/mol. The molecule has 1 amide bonds. The maximum atomic E-state index is 12.4. The molecule has 1 aromatic carbocycles. The van der Waals surface area contributed by atoms with Gasteiger partial charge in [0.15, 0.2) is 5.09 Å². The molecule has 0 aromatic heterocycles. The van der Waals surface area contributed by atoms with Crippen molar-refractivity contribution in [2.75, 3.05) is 6.54 Å². The summed E-state index contributed by atoms with van der Waals surface area (Å²) in [5.74, 6) is 1.07. The summed E-state index contributed by atoms with van der Waals surface area (Å²) in [6.07, 6.45) is 6.72. The average molecular weight is 359 g/mol. The first-order chi connectivity index (χ1) is 12.0. The van der Waals surface area contributed by atoms with Crippen molar-refractivity contribution in [2.45, 2.75) is 32.4 Å². The zero-order valence-corrected chi connectivity index (χ0v) is 15.8. The van der Waals surface area contributed by atoms with Crippen LogP contribution in [0.15, 0.2) is 64.9 Å². The van der Waals surface area contributed by atoms with Crippen molar-refractivity contribution < 1.29 is 9.53 Å². The van der Waals surface area contributed by atoms with E-state index < -0.39 is 0 Å². The van der Waals surface area contributed by atoms with E-state index in [1.807, 2.05) is 36.4 Å². The summed E-state index contributed by atoms with van der Waals surface area (Å²) in [5.41, 5.74) is 6.91. The first-order valence-corrected chi connectivity index (χ1v) is 9.36. The molecule has 0 fully saturated rings. The van der Waals surface area contributed by atoms with Gasteiger partial charge in [-0.3, -0.25) is 4.79 Å². The lowest BCUT2D eigenvalue weighted by Gasteiger charge is -2.13. The highest BCUT2D eigenvalue weighted by Gasteiger charge is 2.21. The van der Waals surface area contributed by atoms with Crippen molar-refractivity contribution >= 4 is 17.7 Å². The van der Waals surface area contributed by atoms with Crippen LogP contribution in [0.3, 0.4) is 0 Å². The number of allylic oxidation sites excluding steroid dienone is 3. The van der Waals surface area contributed by atoms with E-state index in [-0.39, 0.29) is 11.2 Å². The minimum absolute atomic E-state index is 0.130. The highest BCUT2D eigenvalue weighted by Crippen LogP contribution is 2.33. The number of carbonyl (C=O) groups excluding carboxylic acids is 1. The van der Waals surface area contributed by atoms with E-state index in [1.165, 1.54) is 0 Å². The molecule has 25 heavy (non-hydrogen) atoms. The Kier molecular flexibility index (Phi) is 7.19. The van der Waals surface area contributed by atoms with E-state index in [0.29, 0.717) is 23.7 Å². The van der Waals surface area contributed by atoms with Gasteiger partial charge in [0.05, 0.1) is 5.57 Å². The fraction of sp³-hybridized carbons (Fsp3) is 0.350. The van der Waals surface area contributed by atoms with Crippen LogP contribution >= 0.6 is 11.8 Å². The Morgan fingerprint density at radius 3 is 2.76 bits per heavy atom. The lowest BCUT2D eigenvalue weighted by Crippen LogP contribution is -2.31. The van der Waals surface area contributed by atoms with E-state index >= 15 is 0 Å². The fourth-order valence-electron chi connectivity index (χ4n) is 2.26. The first kappa shape index (κ1) is 19.2. The molecule has 1 heterocycles. The summed E-state index contributed by atoms with van der Waals surface area (Å²) >= 11 is 1.64. The van der Waals surface area contributed by atoms with Crippen molar-refractivity contribution in [1.29, 1.82) is 0 Å². The van der Waals surface area contributed by atoms with Crippen LogP contribution in [0.25, 0.3) is 0 Å². The number of rotatable bonds is 7. The van der Waals surface area contributed by atoms with Crippen molar-refractivity contribution in [1.82, 2.24) is 5.32 Å². The molecular formula is C20H26N2O2S. The van der Waals surface area contributed by atoms with Gasteiger partial charge in [-0.2, -0.15) is 0 Å². The zero-order valence-electron chi connectivity index (χ0n) is 15.0. The molecule has 4 nitrogen and oxygen atoms in total. The Labute approximate surface area is 154 Å². The smallest absolute Gasteiger partial charge is 0.253 e. The summed E-state index contributed by atoms with van der Waals surface area (Å²) < 4.78 is 5.83. The lowest BCUT2D eigenvalue weighted by atomic mass is 10.1. The van der Waals surface area contributed by atoms with Crippen molar-refractivity contribution in [3.63, 3.8) is 0 Å². The quantitative estimate of drug-likeness (QED) is 0.572. The molecule has 1 aromatic rings. The molecule has 134 valence electrons. The fourth-order valence-corrected chi connectivity index (χ4v) is 3.28. The predicted octanol–water partition coefficient (Wildman–Crippen LogP) is 3.97. The number of para-hydroxylation sites is 1. The monoisotopic (exact) mass is 358 g/mol. The van der Waals surface area contributed by atoms with Crippen LogP contribution < -0.4 is 15.8 Å². The van der Waals surface area contributed by atoms with E-state index in [9.17, 15) is 4.79 Å². The number of hydrogen-bond acceptors (Lipinski definition) is 4. The minimum Gasteiger partial charge on any atom is -0.451 e. The molecule has 1 unspecified atom stereocenters. The van der Waals surface area contributed by atoms with E-state index in [0.717, 1.165) is 17.3 Å². The maximum absolute atomic E-state index is 12.4. The Morgan fingerprint density at radius 1 is 1.40 bits per heavy atom. The third-order valence-corrected chi connectivity index (χ3v) is 4.77. The SMILES string of the molecule is C/C(N)=C(\C=C/C(C)C)C(=O)NCC1CC=C(Oc2ccccc2)S1. The topological polar surface area (TPSA) is 64.4 Å². The summed E-state index contributed by atoms with van der Waals surface area (Å²) in [5, 5.41) is 4.14. The van der Waals surface area contributed by atoms with Crippen LogP contribution in [0, 0.1) is 5.92 Å². The Bertz CT molecular complexity index is 674. The van der Waals surface area contributed by atoms with Crippen LogP contribution in [0.4, 0.5) is 0 Å². The second kappa shape index (κ2) is 9.37. The van der Waals surface area contributed by atoms with Gasteiger partial charge in [0.25, 0.3) is 5.91 Å². The highest BCUT2D eigenvalue weighted by atomic mass is 32.2. The molecule has 2 rings (SSSR count). The minimum atomic E-state index is -0.130. The molecule has 1 aliphatic heterocycles. The van der Waals surface area contributed by atoms with Crippen LogP contribution in [0.1, 0.15) is 27.2 Å². The Hall–Kier alpha value is -2.14. The molecule has 0 saturated carbocycles. The number of thioether (sulfide) groups is 1. The normalized spacial score (nSPS) is 18.2. The second-order valence-electron chi connectivity index (χ2n) is 6.32. The van der Waals surface area contributed by atoms with Crippen molar-refractivity contribution in [3.05, 3.63) is 64.9 Å². The highest BCUT2D eigenvalue weighted by molar-refractivity contribution is 8.03. The summed E-state index contributed by atoms with van der Waals surface area (Å²) in [7, 11) is 0. The third kappa shape index (κ3) is 6.35. The number of nitrogens with one attached hydrogen (secondary N) is 1. The zero-order chi connectivity index (χ0) is 18.2.